The summed E-state index contributed by atoms with van der Waals surface area (Å²) in [7, 11) is -3.17. The van der Waals surface area contributed by atoms with Crippen LogP contribution in [-0.4, -0.2) is 43.2 Å². The molecule has 0 amide bonds. The second-order valence-corrected chi connectivity index (χ2v) is 8.50. The third-order valence-corrected chi connectivity index (χ3v) is 6.76. The number of aromatic amines is 1. The van der Waals surface area contributed by atoms with E-state index >= 15 is 0 Å². The normalized spacial score (nSPS) is 19.7. The Kier molecular flexibility index (Phi) is 4.49. The second kappa shape index (κ2) is 6.26. The molecule has 1 fully saturated rings. The first kappa shape index (κ1) is 16.5. The molecule has 2 heterocycles. The van der Waals surface area contributed by atoms with Gasteiger partial charge < -0.3 is 4.98 Å². The maximum atomic E-state index is 12.1. The summed E-state index contributed by atoms with van der Waals surface area (Å²) in [6.07, 6.45) is 0.702. The van der Waals surface area contributed by atoms with Crippen molar-refractivity contribution in [1.29, 1.82) is 0 Å². The number of sulfonamides is 1. The van der Waals surface area contributed by atoms with Crippen LogP contribution in [0.1, 0.15) is 30.2 Å². The van der Waals surface area contributed by atoms with Gasteiger partial charge in [0.1, 0.15) is 0 Å². The first-order valence-corrected chi connectivity index (χ1v) is 9.74. The number of H-pyrrole nitrogens is 1. The van der Waals surface area contributed by atoms with Crippen molar-refractivity contribution in [3.05, 3.63) is 35.0 Å². The van der Waals surface area contributed by atoms with E-state index in [1.54, 1.807) is 0 Å². The molecule has 6 heteroatoms. The van der Waals surface area contributed by atoms with Gasteiger partial charge in [0.25, 0.3) is 0 Å². The summed E-state index contributed by atoms with van der Waals surface area (Å²) in [6, 6.07) is 6.44. The number of hydrogen-bond donors (Lipinski definition) is 2. The lowest BCUT2D eigenvalue weighted by Gasteiger charge is -2.15. The minimum Gasteiger partial charge on any atom is -0.357 e. The quantitative estimate of drug-likeness (QED) is 0.881. The van der Waals surface area contributed by atoms with Crippen LogP contribution >= 0.6 is 0 Å². The molecule has 0 saturated carbocycles. The highest BCUT2D eigenvalue weighted by molar-refractivity contribution is 7.90. The molecule has 1 aliphatic rings. The third-order valence-electron chi connectivity index (χ3n) is 4.81. The summed E-state index contributed by atoms with van der Waals surface area (Å²) in [5.41, 5.74) is 4.90. The van der Waals surface area contributed by atoms with Crippen LogP contribution in [-0.2, 0) is 16.6 Å². The fraction of sp³-hybridized carbons (Fsp3) is 0.529. The van der Waals surface area contributed by atoms with Gasteiger partial charge in [0.15, 0.2) is 0 Å². The monoisotopic (exact) mass is 335 g/mol. The molecule has 126 valence electrons. The molecule has 5 nitrogen and oxygen atoms in total. The van der Waals surface area contributed by atoms with E-state index in [9.17, 15) is 8.42 Å². The molecule has 0 bridgehead atoms. The molecule has 1 atom stereocenters. The van der Waals surface area contributed by atoms with E-state index in [2.05, 4.69) is 46.7 Å². The predicted molar refractivity (Wildman–Crippen MR) is 94.1 cm³/mol. The zero-order valence-electron chi connectivity index (χ0n) is 14.0. The minimum absolute atomic E-state index is 0.296. The van der Waals surface area contributed by atoms with Gasteiger partial charge in [-0.2, -0.15) is 0 Å². The van der Waals surface area contributed by atoms with Gasteiger partial charge in [-0.05, 0) is 50.1 Å². The molecule has 2 aromatic rings. The molecular formula is C17H25N3O2S. The molecule has 1 aromatic carbocycles. The molecule has 2 N–H and O–H groups in total. The predicted octanol–water partition coefficient (Wildman–Crippen LogP) is 2.30. The highest BCUT2D eigenvalue weighted by Gasteiger charge is 2.32. The summed E-state index contributed by atoms with van der Waals surface area (Å²) in [5, 5.41) is 0.965. The van der Waals surface area contributed by atoms with E-state index in [0.29, 0.717) is 19.5 Å². The van der Waals surface area contributed by atoms with Crippen molar-refractivity contribution in [3.63, 3.8) is 0 Å². The van der Waals surface area contributed by atoms with Crippen LogP contribution < -0.4 is 4.72 Å². The van der Waals surface area contributed by atoms with Crippen LogP contribution in [0, 0.1) is 13.8 Å². The molecule has 0 radical (unpaired) electrons. The first-order valence-electron chi connectivity index (χ1n) is 8.19. The summed E-state index contributed by atoms with van der Waals surface area (Å²) in [4.78, 5) is 5.68. The largest absolute Gasteiger partial charge is 0.357 e. The van der Waals surface area contributed by atoms with Crippen LogP contribution in [0.3, 0.4) is 0 Å². The number of aromatic nitrogens is 1. The van der Waals surface area contributed by atoms with E-state index in [0.717, 1.165) is 24.3 Å². The van der Waals surface area contributed by atoms with Gasteiger partial charge in [0, 0.05) is 36.2 Å². The average Bonchev–Trinajstić information content (AvgIpc) is 3.11. The zero-order chi connectivity index (χ0) is 16.6. The van der Waals surface area contributed by atoms with Gasteiger partial charge in [-0.25, -0.2) is 13.1 Å². The van der Waals surface area contributed by atoms with Gasteiger partial charge in [-0.15, -0.1) is 0 Å². The number of fused-ring (bicyclic) bond motifs is 1. The highest BCUT2D eigenvalue weighted by atomic mass is 32.2. The molecule has 0 aliphatic carbocycles. The number of aryl methyl sites for hydroxylation is 2. The van der Waals surface area contributed by atoms with Crippen molar-refractivity contribution >= 4 is 20.9 Å². The summed E-state index contributed by atoms with van der Waals surface area (Å²) >= 11 is 0. The maximum Gasteiger partial charge on any atom is 0.215 e. The Bertz CT molecular complexity index is 811. The van der Waals surface area contributed by atoms with E-state index in [1.807, 2.05) is 6.92 Å². The van der Waals surface area contributed by atoms with E-state index in [4.69, 9.17) is 0 Å². The Hall–Kier alpha value is -1.37. The first-order chi connectivity index (χ1) is 10.9. The van der Waals surface area contributed by atoms with Crippen molar-refractivity contribution in [2.75, 3.05) is 19.6 Å². The molecule has 1 saturated heterocycles. The molecule has 1 aliphatic heterocycles. The SMILES string of the molecule is CCNS(=O)(=O)[C@H]1CCN(Cc2cc3c(C)c(C)ccc3[nH]2)C1. The van der Waals surface area contributed by atoms with Gasteiger partial charge in [0.2, 0.25) is 10.0 Å². The van der Waals surface area contributed by atoms with Gasteiger partial charge >= 0.3 is 0 Å². The standard InChI is InChI=1S/C17H25N3O2S/c1-4-18-23(21,22)15-7-8-20(11-15)10-14-9-16-13(3)12(2)5-6-17(16)19-14/h5-6,9,15,18-19H,4,7-8,10-11H2,1-3H3/t15-/m0/s1. The topological polar surface area (TPSA) is 65.2 Å². The highest BCUT2D eigenvalue weighted by Crippen LogP contribution is 2.24. The molecular weight excluding hydrogens is 310 g/mol. The maximum absolute atomic E-state index is 12.1. The van der Waals surface area contributed by atoms with Gasteiger partial charge in [-0.3, -0.25) is 4.90 Å². The Morgan fingerprint density at radius 3 is 2.87 bits per heavy atom. The van der Waals surface area contributed by atoms with Crippen molar-refractivity contribution in [2.24, 2.45) is 0 Å². The lowest BCUT2D eigenvalue weighted by Crippen LogP contribution is -2.36. The lowest BCUT2D eigenvalue weighted by atomic mass is 10.1. The lowest BCUT2D eigenvalue weighted by molar-refractivity contribution is 0.328. The molecule has 23 heavy (non-hydrogen) atoms. The summed E-state index contributed by atoms with van der Waals surface area (Å²) < 4.78 is 26.8. The van der Waals surface area contributed by atoms with E-state index < -0.39 is 10.0 Å². The Labute approximate surface area is 138 Å². The number of rotatable bonds is 5. The van der Waals surface area contributed by atoms with E-state index in [1.165, 1.54) is 16.5 Å². The fourth-order valence-corrected chi connectivity index (χ4v) is 4.82. The average molecular weight is 335 g/mol. The number of benzene rings is 1. The number of likely N-dealkylation sites (tertiary alicyclic amines) is 1. The summed E-state index contributed by atoms with van der Waals surface area (Å²) in [5.74, 6) is 0. The van der Waals surface area contributed by atoms with Crippen LogP contribution in [0.4, 0.5) is 0 Å². The number of nitrogens with zero attached hydrogens (tertiary/aromatic N) is 1. The van der Waals surface area contributed by atoms with Gasteiger partial charge in [-0.1, -0.05) is 13.0 Å². The van der Waals surface area contributed by atoms with Crippen molar-refractivity contribution in [3.8, 4) is 0 Å². The van der Waals surface area contributed by atoms with Gasteiger partial charge in [0.05, 0.1) is 5.25 Å². The molecule has 1 aromatic heterocycles. The Morgan fingerprint density at radius 1 is 1.35 bits per heavy atom. The number of hydrogen-bond acceptors (Lipinski definition) is 3. The van der Waals surface area contributed by atoms with Crippen LogP contribution in [0.5, 0.6) is 0 Å². The minimum atomic E-state index is -3.17. The van der Waals surface area contributed by atoms with Crippen molar-refractivity contribution < 1.29 is 8.42 Å². The Balaban J connectivity index is 1.73. The van der Waals surface area contributed by atoms with Crippen LogP contribution in [0.2, 0.25) is 0 Å². The zero-order valence-corrected chi connectivity index (χ0v) is 14.8. The smallest absolute Gasteiger partial charge is 0.215 e. The van der Waals surface area contributed by atoms with E-state index in [-0.39, 0.29) is 5.25 Å². The fourth-order valence-electron chi connectivity index (χ4n) is 3.35. The molecule has 0 spiro atoms. The number of nitrogens with one attached hydrogen (secondary N) is 2. The third kappa shape index (κ3) is 3.29. The van der Waals surface area contributed by atoms with Crippen LogP contribution in [0.25, 0.3) is 10.9 Å². The van der Waals surface area contributed by atoms with Crippen molar-refractivity contribution in [2.45, 2.75) is 39.0 Å². The van der Waals surface area contributed by atoms with Crippen molar-refractivity contribution in [1.82, 2.24) is 14.6 Å². The van der Waals surface area contributed by atoms with Crippen LogP contribution in [0.15, 0.2) is 18.2 Å². The molecule has 3 rings (SSSR count). The Morgan fingerprint density at radius 2 is 2.13 bits per heavy atom. The summed E-state index contributed by atoms with van der Waals surface area (Å²) in [6.45, 7) is 8.73. The molecule has 0 unspecified atom stereocenters. The second-order valence-electron chi connectivity index (χ2n) is 6.45.